The molecule has 0 atom stereocenters. The number of nitrogens with zero attached hydrogens (tertiary/aromatic N) is 4. The van der Waals surface area contributed by atoms with Crippen LogP contribution < -0.4 is 9.64 Å². The van der Waals surface area contributed by atoms with Crippen LogP contribution in [0.4, 0.5) is 5.82 Å². The molecule has 8 heteroatoms. The van der Waals surface area contributed by atoms with Crippen LogP contribution in [0.5, 0.6) is 11.6 Å². The summed E-state index contributed by atoms with van der Waals surface area (Å²) in [5.41, 5.74) is 2.77. The Morgan fingerprint density at radius 2 is 2.00 bits per heavy atom. The van der Waals surface area contributed by atoms with Crippen LogP contribution in [-0.4, -0.2) is 39.4 Å². The van der Waals surface area contributed by atoms with Crippen LogP contribution in [0.3, 0.4) is 0 Å². The number of aromatic hydroxyl groups is 1. The van der Waals surface area contributed by atoms with Crippen LogP contribution >= 0.6 is 11.3 Å². The quantitative estimate of drug-likeness (QED) is 0.546. The number of hydrogen-bond donors (Lipinski definition) is 1. The molecule has 0 fully saturated rings. The summed E-state index contributed by atoms with van der Waals surface area (Å²) < 4.78 is 6.72. The third-order valence-corrected chi connectivity index (χ3v) is 5.99. The van der Waals surface area contributed by atoms with Gasteiger partial charge in [0.25, 0.3) is 5.91 Å². The molecular formula is C22H18N4O3S. The topological polar surface area (TPSA) is 80.5 Å². The largest absolute Gasteiger partial charge is 0.497 e. The molecule has 150 valence electrons. The van der Waals surface area contributed by atoms with Gasteiger partial charge < -0.3 is 9.84 Å². The van der Waals surface area contributed by atoms with Gasteiger partial charge in [-0.05, 0) is 54.3 Å². The van der Waals surface area contributed by atoms with Crippen molar-refractivity contribution >= 4 is 23.1 Å². The van der Waals surface area contributed by atoms with Crippen LogP contribution in [-0.2, 0) is 6.42 Å². The summed E-state index contributed by atoms with van der Waals surface area (Å²) in [6, 6.07) is 14.7. The highest BCUT2D eigenvalue weighted by molar-refractivity contribution is 7.12. The van der Waals surface area contributed by atoms with E-state index in [0.29, 0.717) is 34.9 Å². The molecule has 0 radical (unpaired) electrons. The van der Waals surface area contributed by atoms with Crippen LogP contribution in [0.2, 0.25) is 0 Å². The third kappa shape index (κ3) is 2.93. The Labute approximate surface area is 176 Å². The van der Waals surface area contributed by atoms with E-state index in [4.69, 9.17) is 4.74 Å². The number of fused-ring (bicyclic) bond motifs is 3. The highest BCUT2D eigenvalue weighted by Crippen LogP contribution is 2.39. The van der Waals surface area contributed by atoms with Gasteiger partial charge in [-0.2, -0.15) is 5.10 Å². The lowest BCUT2D eigenvalue weighted by Crippen LogP contribution is -2.32. The first-order valence-electron chi connectivity index (χ1n) is 9.43. The van der Waals surface area contributed by atoms with Gasteiger partial charge in [-0.25, -0.2) is 9.67 Å². The minimum Gasteiger partial charge on any atom is -0.497 e. The lowest BCUT2D eigenvalue weighted by Gasteiger charge is -2.21. The van der Waals surface area contributed by atoms with Crippen LogP contribution in [0.25, 0.3) is 16.9 Å². The van der Waals surface area contributed by atoms with Gasteiger partial charge in [0.2, 0.25) is 5.88 Å². The molecular weight excluding hydrogens is 400 g/mol. The van der Waals surface area contributed by atoms with Crippen molar-refractivity contribution in [3.05, 3.63) is 70.5 Å². The summed E-state index contributed by atoms with van der Waals surface area (Å²) in [6.07, 6.45) is 2.13. The molecule has 1 aliphatic rings. The van der Waals surface area contributed by atoms with Crippen LogP contribution in [0.1, 0.15) is 15.2 Å². The normalized spacial score (nSPS) is 12.8. The van der Waals surface area contributed by atoms with E-state index in [0.717, 1.165) is 17.0 Å². The van der Waals surface area contributed by atoms with Crippen molar-refractivity contribution in [2.45, 2.75) is 6.42 Å². The van der Waals surface area contributed by atoms with E-state index in [9.17, 15) is 9.90 Å². The number of amides is 1. The molecule has 4 heterocycles. The molecule has 7 nitrogen and oxygen atoms in total. The van der Waals surface area contributed by atoms with Crippen molar-refractivity contribution < 1.29 is 14.6 Å². The van der Waals surface area contributed by atoms with E-state index >= 15 is 0 Å². The molecule has 3 aromatic heterocycles. The summed E-state index contributed by atoms with van der Waals surface area (Å²) in [7, 11) is 1.61. The molecule has 0 saturated carbocycles. The molecule has 0 saturated heterocycles. The second-order valence-corrected chi connectivity index (χ2v) is 7.77. The first kappa shape index (κ1) is 18.4. The van der Waals surface area contributed by atoms with Gasteiger partial charge in [0.1, 0.15) is 17.3 Å². The summed E-state index contributed by atoms with van der Waals surface area (Å²) in [5, 5.41) is 17.5. The van der Waals surface area contributed by atoms with Crippen molar-refractivity contribution in [1.29, 1.82) is 0 Å². The number of carbonyl (C=O) groups excluding carboxylic acids is 1. The van der Waals surface area contributed by atoms with Crippen molar-refractivity contribution in [2.75, 3.05) is 18.6 Å². The summed E-state index contributed by atoms with van der Waals surface area (Å²) in [5.74, 6) is 1.24. The maximum Gasteiger partial charge on any atom is 0.269 e. The van der Waals surface area contributed by atoms with Gasteiger partial charge in [0.05, 0.1) is 17.7 Å². The van der Waals surface area contributed by atoms with Gasteiger partial charge >= 0.3 is 0 Å². The number of ether oxygens (including phenoxy) is 1. The molecule has 30 heavy (non-hydrogen) atoms. The lowest BCUT2D eigenvalue weighted by molar-refractivity contribution is 0.0990. The Hall–Kier alpha value is -3.65. The first-order chi connectivity index (χ1) is 14.7. The molecule has 0 unspecified atom stereocenters. The summed E-state index contributed by atoms with van der Waals surface area (Å²) in [4.78, 5) is 19.9. The Balaban J connectivity index is 1.61. The maximum atomic E-state index is 13.1. The fraction of sp³-hybridized carbons (Fsp3) is 0.136. The van der Waals surface area contributed by atoms with Gasteiger partial charge in [-0.3, -0.25) is 9.69 Å². The van der Waals surface area contributed by atoms with E-state index in [2.05, 4.69) is 10.1 Å². The maximum absolute atomic E-state index is 13.1. The zero-order valence-corrected chi connectivity index (χ0v) is 17.0. The Morgan fingerprint density at radius 1 is 1.17 bits per heavy atom. The SMILES string of the molecule is COc1ccc(-n2nc3c(c2O)CCN(C(=O)c2cccs2)c2ncccc2-3)cc1. The molecule has 1 aromatic carbocycles. The molecule has 5 rings (SSSR count). The number of carbonyl (C=O) groups is 1. The van der Waals surface area contributed by atoms with E-state index < -0.39 is 0 Å². The molecule has 1 N–H and O–H groups in total. The predicted octanol–water partition coefficient (Wildman–Crippen LogP) is 3.91. The zero-order valence-electron chi connectivity index (χ0n) is 16.1. The molecule has 1 aliphatic heterocycles. The average Bonchev–Trinajstić information content (AvgIpc) is 3.39. The number of pyridine rings is 1. The van der Waals surface area contributed by atoms with Crippen LogP contribution in [0.15, 0.2) is 60.1 Å². The number of methoxy groups -OCH3 is 1. The van der Waals surface area contributed by atoms with Gasteiger partial charge in [-0.15, -0.1) is 11.3 Å². The van der Waals surface area contributed by atoms with E-state index in [1.54, 1.807) is 24.3 Å². The number of anilines is 1. The van der Waals surface area contributed by atoms with Crippen molar-refractivity contribution in [2.24, 2.45) is 0 Å². The second-order valence-electron chi connectivity index (χ2n) is 6.82. The predicted molar refractivity (Wildman–Crippen MR) is 115 cm³/mol. The standard InChI is InChI=1S/C22H18N4O3S/c1-29-15-8-6-14(7-9-15)26-21(27)17-10-12-25(22(28)18-5-3-13-30-18)20-16(19(17)24-26)4-2-11-23-20/h2-9,11,13,27H,10,12H2,1H3. The van der Waals surface area contributed by atoms with Crippen molar-refractivity contribution in [1.82, 2.24) is 14.8 Å². The van der Waals surface area contributed by atoms with E-state index in [1.165, 1.54) is 16.0 Å². The molecule has 0 spiro atoms. The van der Waals surface area contributed by atoms with Gasteiger partial charge in [-0.1, -0.05) is 6.07 Å². The van der Waals surface area contributed by atoms with E-state index in [-0.39, 0.29) is 11.8 Å². The third-order valence-electron chi connectivity index (χ3n) is 5.13. The number of aromatic nitrogens is 3. The minimum absolute atomic E-state index is 0.0652. The fourth-order valence-electron chi connectivity index (χ4n) is 3.65. The van der Waals surface area contributed by atoms with Crippen LogP contribution in [0, 0.1) is 0 Å². The van der Waals surface area contributed by atoms with Gasteiger partial charge in [0, 0.05) is 23.9 Å². The average molecular weight is 418 g/mol. The number of benzene rings is 1. The molecule has 4 aromatic rings. The Bertz CT molecular complexity index is 1220. The summed E-state index contributed by atoms with van der Waals surface area (Å²) in [6.45, 7) is 0.398. The minimum atomic E-state index is -0.0994. The monoisotopic (exact) mass is 418 g/mol. The number of hydrogen-bond acceptors (Lipinski definition) is 6. The highest BCUT2D eigenvalue weighted by Gasteiger charge is 2.31. The fourth-order valence-corrected chi connectivity index (χ4v) is 4.32. The van der Waals surface area contributed by atoms with Crippen molar-refractivity contribution in [3.63, 3.8) is 0 Å². The first-order valence-corrected chi connectivity index (χ1v) is 10.3. The Kier molecular flexibility index (Phi) is 4.48. The van der Waals surface area contributed by atoms with E-state index in [1.807, 2.05) is 47.8 Å². The molecule has 1 amide bonds. The lowest BCUT2D eigenvalue weighted by atomic mass is 10.1. The smallest absolute Gasteiger partial charge is 0.269 e. The molecule has 0 bridgehead atoms. The highest BCUT2D eigenvalue weighted by atomic mass is 32.1. The van der Waals surface area contributed by atoms with Crippen molar-refractivity contribution in [3.8, 4) is 28.6 Å². The summed E-state index contributed by atoms with van der Waals surface area (Å²) >= 11 is 1.40. The Morgan fingerprint density at radius 3 is 2.73 bits per heavy atom. The number of rotatable bonds is 3. The zero-order chi connectivity index (χ0) is 20.7. The molecule has 0 aliphatic carbocycles. The number of thiophene rings is 1. The van der Waals surface area contributed by atoms with Gasteiger partial charge in [0.15, 0.2) is 0 Å². The second kappa shape index (κ2) is 7.31.